The van der Waals surface area contributed by atoms with Gasteiger partial charge in [-0.1, -0.05) is 0 Å². The quantitative estimate of drug-likeness (QED) is 0.257. The molecule has 0 aromatic rings. The molecule has 4 heteroatoms. The van der Waals surface area contributed by atoms with E-state index in [2.05, 4.69) is 8.58 Å². The molecule has 1 aliphatic rings. The molecule has 0 saturated carbocycles. The molecule has 0 radical (unpaired) electrons. The van der Waals surface area contributed by atoms with Gasteiger partial charge in [0.2, 0.25) is 12.2 Å². The molecule has 0 aliphatic carbocycles. The van der Waals surface area contributed by atoms with Crippen LogP contribution in [0.4, 0.5) is 0 Å². The summed E-state index contributed by atoms with van der Waals surface area (Å²) in [5.41, 5.74) is 0. The molecule has 0 aromatic carbocycles. The molecule has 7 heavy (non-hydrogen) atoms. The fraction of sp³-hybridized carbons (Fsp3) is 0. The van der Waals surface area contributed by atoms with Gasteiger partial charge in [-0.05, 0) is 6.08 Å². The molecule has 2 nitrogen and oxygen atoms in total. The van der Waals surface area contributed by atoms with Gasteiger partial charge in [0.05, 0.1) is 0 Å². The van der Waals surface area contributed by atoms with E-state index in [-0.39, 0.29) is 18.9 Å². The zero-order chi connectivity index (χ0) is 4.24. The van der Waals surface area contributed by atoms with E-state index in [4.69, 9.17) is 0 Å². The van der Waals surface area contributed by atoms with Crippen LogP contribution in [-0.2, 0) is 4.18 Å². The van der Waals surface area contributed by atoms with Crippen LogP contribution in [0.5, 0.6) is 0 Å². The molecule has 1 rings (SSSR count). The first kappa shape index (κ1) is 7.16. The van der Waals surface area contributed by atoms with Gasteiger partial charge in [0, 0.05) is 6.21 Å². The van der Waals surface area contributed by atoms with E-state index in [0.717, 1.165) is 12.2 Å². The fourth-order valence-corrected chi connectivity index (χ4v) is 0.460. The maximum atomic E-state index is 4.61. The summed E-state index contributed by atoms with van der Waals surface area (Å²) in [6.07, 6.45) is 4.99. The summed E-state index contributed by atoms with van der Waals surface area (Å²) in [6, 6.07) is 0. The van der Waals surface area contributed by atoms with Gasteiger partial charge in [0.25, 0.3) is 0 Å². The van der Waals surface area contributed by atoms with Crippen molar-refractivity contribution >= 4 is 37.3 Å². The third-order valence-electron chi connectivity index (χ3n) is 0.367. The minimum atomic E-state index is 0. The maximum absolute atomic E-state index is 4.61. The molecular formula is C3H4LiNOS. The summed E-state index contributed by atoms with van der Waals surface area (Å²) in [5.74, 6) is 0. The molecule has 34 valence electrons. The summed E-state index contributed by atoms with van der Waals surface area (Å²) in [7, 11) is 0. The monoisotopic (exact) mass is 109 g/mol. The predicted octanol–water partition coefficient (Wildman–Crippen LogP) is 0.516. The molecule has 0 spiro atoms. The van der Waals surface area contributed by atoms with Crippen molar-refractivity contribution in [1.82, 2.24) is 0 Å². The van der Waals surface area contributed by atoms with Gasteiger partial charge >= 0.3 is 18.9 Å². The molecule has 0 N–H and O–H groups in total. The zero-order valence-corrected chi connectivity index (χ0v) is 3.81. The van der Waals surface area contributed by atoms with Crippen LogP contribution in [0.2, 0.25) is 0 Å². The van der Waals surface area contributed by atoms with Crippen molar-refractivity contribution in [1.29, 1.82) is 0 Å². The zero-order valence-electron chi connectivity index (χ0n) is 3.00. The van der Waals surface area contributed by atoms with Crippen LogP contribution in [0.25, 0.3) is 0 Å². The number of hydrogen-bond donors (Lipinski definition) is 0. The van der Waals surface area contributed by atoms with Gasteiger partial charge < -0.3 is 4.18 Å². The molecule has 1 heterocycles. The van der Waals surface area contributed by atoms with Crippen molar-refractivity contribution < 1.29 is 4.18 Å². The molecule has 0 unspecified atom stereocenters. The van der Waals surface area contributed by atoms with E-state index in [1.165, 1.54) is 0 Å². The first-order chi connectivity index (χ1) is 3.00. The number of allylic oxidation sites excluding steroid dienone is 1. The summed E-state index contributed by atoms with van der Waals surface area (Å²) >= 11 is 1.08. The van der Waals surface area contributed by atoms with E-state index in [0.29, 0.717) is 0 Å². The van der Waals surface area contributed by atoms with Gasteiger partial charge in [-0.25, -0.2) is 0 Å². The Balaban J connectivity index is 0.000000360. The SMILES string of the molecule is C1=COSN=C1.[LiH]. The van der Waals surface area contributed by atoms with Gasteiger partial charge in [-0.3, -0.25) is 0 Å². The molecule has 0 aromatic heterocycles. The van der Waals surface area contributed by atoms with E-state index in [1.54, 1.807) is 18.6 Å². The Hall–Kier alpha value is 0.157. The molecular weight excluding hydrogens is 105 g/mol. The average Bonchev–Trinajstić information content (AvgIpc) is 1.72. The minimum absolute atomic E-state index is 0. The van der Waals surface area contributed by atoms with Gasteiger partial charge in [-0.15, -0.1) is 0 Å². The van der Waals surface area contributed by atoms with Crippen LogP contribution in [0.1, 0.15) is 0 Å². The number of rotatable bonds is 0. The first-order valence-corrected chi connectivity index (χ1v) is 2.21. The molecule has 0 amide bonds. The second kappa shape index (κ2) is 4.32. The molecule has 0 atom stereocenters. The summed E-state index contributed by atoms with van der Waals surface area (Å²) in [6.45, 7) is 0. The van der Waals surface area contributed by atoms with E-state index in [1.807, 2.05) is 0 Å². The summed E-state index contributed by atoms with van der Waals surface area (Å²) < 4.78 is 8.27. The van der Waals surface area contributed by atoms with Crippen molar-refractivity contribution in [3.05, 3.63) is 12.3 Å². The Morgan fingerprint density at radius 1 is 1.57 bits per heavy atom. The van der Waals surface area contributed by atoms with Crippen molar-refractivity contribution in [2.45, 2.75) is 0 Å². The van der Waals surface area contributed by atoms with Crippen LogP contribution in [0.15, 0.2) is 16.7 Å². The van der Waals surface area contributed by atoms with Crippen LogP contribution in [-0.4, -0.2) is 25.1 Å². The predicted molar refractivity (Wildman–Crippen MR) is 33.5 cm³/mol. The van der Waals surface area contributed by atoms with E-state index >= 15 is 0 Å². The van der Waals surface area contributed by atoms with Gasteiger partial charge in [0.1, 0.15) is 6.26 Å². The Labute approximate surface area is 58.5 Å². The standard InChI is InChI=1S/C3H3NOS.Li.H/c1-2-4-6-5-3-1;;/h1-3H;;. The third-order valence-corrected chi connectivity index (χ3v) is 0.772. The van der Waals surface area contributed by atoms with E-state index in [9.17, 15) is 0 Å². The first-order valence-electron chi connectivity index (χ1n) is 1.51. The number of hydrogen-bond acceptors (Lipinski definition) is 3. The van der Waals surface area contributed by atoms with Crippen molar-refractivity contribution in [2.24, 2.45) is 4.40 Å². The molecule has 0 bridgehead atoms. The van der Waals surface area contributed by atoms with Crippen LogP contribution < -0.4 is 0 Å². The second-order valence-corrected chi connectivity index (χ2v) is 1.31. The van der Waals surface area contributed by atoms with Crippen molar-refractivity contribution in [2.75, 3.05) is 0 Å². The second-order valence-electron chi connectivity index (χ2n) is 0.754. The average molecular weight is 109 g/mol. The van der Waals surface area contributed by atoms with Gasteiger partial charge in [-0.2, -0.15) is 4.40 Å². The number of nitrogens with zero attached hydrogens (tertiary/aromatic N) is 1. The van der Waals surface area contributed by atoms with E-state index < -0.39 is 0 Å². The third kappa shape index (κ3) is 2.81. The van der Waals surface area contributed by atoms with Crippen LogP contribution in [0.3, 0.4) is 0 Å². The normalized spacial score (nSPS) is 14.9. The molecule has 0 saturated heterocycles. The Morgan fingerprint density at radius 3 is 2.57 bits per heavy atom. The summed E-state index contributed by atoms with van der Waals surface area (Å²) in [4.78, 5) is 0. The van der Waals surface area contributed by atoms with Crippen LogP contribution >= 0.6 is 12.2 Å². The fourth-order valence-electron chi connectivity index (χ4n) is 0.177. The van der Waals surface area contributed by atoms with Crippen molar-refractivity contribution in [3.8, 4) is 0 Å². The van der Waals surface area contributed by atoms with Crippen molar-refractivity contribution in [3.63, 3.8) is 0 Å². The van der Waals surface area contributed by atoms with Gasteiger partial charge in [0.15, 0.2) is 0 Å². The molecule has 0 fully saturated rings. The summed E-state index contributed by atoms with van der Waals surface area (Å²) in [5, 5.41) is 0. The Kier molecular flexibility index (Phi) is 4.42. The Bertz CT molecular complexity index is 80.9. The Morgan fingerprint density at radius 2 is 2.43 bits per heavy atom. The van der Waals surface area contributed by atoms with Crippen LogP contribution in [0, 0.1) is 0 Å². The molecule has 1 aliphatic heterocycles. The topological polar surface area (TPSA) is 21.6 Å².